The smallest absolute Gasteiger partial charge is 0.257 e. The SMILES string of the molecule is Cc1cc(C)c2oc(-c3ccc(NC(=O)c4cccnc4)cc3)nc2c1. The van der Waals surface area contributed by atoms with Crippen molar-refractivity contribution in [1.82, 2.24) is 9.97 Å². The van der Waals surface area contributed by atoms with Gasteiger partial charge in [0, 0.05) is 23.6 Å². The summed E-state index contributed by atoms with van der Waals surface area (Å²) in [6.07, 6.45) is 3.17. The van der Waals surface area contributed by atoms with Crippen molar-refractivity contribution in [2.24, 2.45) is 0 Å². The molecule has 0 bridgehead atoms. The molecular formula is C21H17N3O2. The third kappa shape index (κ3) is 3.07. The fourth-order valence-electron chi connectivity index (χ4n) is 2.90. The zero-order valence-corrected chi connectivity index (χ0v) is 14.5. The van der Waals surface area contributed by atoms with Crippen LogP contribution in [0.3, 0.4) is 0 Å². The third-order valence-electron chi connectivity index (χ3n) is 4.13. The highest BCUT2D eigenvalue weighted by molar-refractivity contribution is 6.04. The van der Waals surface area contributed by atoms with Crippen molar-refractivity contribution < 1.29 is 9.21 Å². The molecule has 0 saturated carbocycles. The lowest BCUT2D eigenvalue weighted by molar-refractivity contribution is 0.102. The normalized spacial score (nSPS) is 10.8. The zero-order chi connectivity index (χ0) is 18.1. The second-order valence-electron chi connectivity index (χ2n) is 6.22. The molecule has 5 nitrogen and oxygen atoms in total. The number of hydrogen-bond acceptors (Lipinski definition) is 4. The standard InChI is InChI=1S/C21H17N3O2/c1-13-10-14(2)19-18(11-13)24-21(26-19)15-5-7-17(8-6-15)23-20(25)16-4-3-9-22-12-16/h3-12H,1-2H3,(H,23,25). The first-order chi connectivity index (χ1) is 12.6. The van der Waals surface area contributed by atoms with Gasteiger partial charge in [0.15, 0.2) is 5.58 Å². The van der Waals surface area contributed by atoms with Crippen LogP contribution < -0.4 is 5.32 Å². The van der Waals surface area contributed by atoms with E-state index >= 15 is 0 Å². The number of fused-ring (bicyclic) bond motifs is 1. The minimum atomic E-state index is -0.196. The summed E-state index contributed by atoms with van der Waals surface area (Å²) < 4.78 is 5.92. The highest BCUT2D eigenvalue weighted by Gasteiger charge is 2.11. The lowest BCUT2D eigenvalue weighted by Crippen LogP contribution is -2.11. The number of benzene rings is 2. The Morgan fingerprint density at radius 2 is 1.88 bits per heavy atom. The van der Waals surface area contributed by atoms with Gasteiger partial charge < -0.3 is 9.73 Å². The number of aromatic nitrogens is 2. The number of oxazole rings is 1. The van der Waals surface area contributed by atoms with Crippen molar-refractivity contribution in [2.75, 3.05) is 5.32 Å². The van der Waals surface area contributed by atoms with E-state index in [1.54, 1.807) is 18.3 Å². The van der Waals surface area contributed by atoms with Crippen LogP contribution in [0.25, 0.3) is 22.6 Å². The summed E-state index contributed by atoms with van der Waals surface area (Å²) in [4.78, 5) is 20.7. The summed E-state index contributed by atoms with van der Waals surface area (Å²) in [6, 6.07) is 15.0. The molecular weight excluding hydrogens is 326 g/mol. The minimum Gasteiger partial charge on any atom is -0.436 e. The molecule has 2 heterocycles. The molecule has 0 radical (unpaired) electrons. The molecule has 5 heteroatoms. The van der Waals surface area contributed by atoms with Crippen molar-refractivity contribution >= 4 is 22.7 Å². The van der Waals surface area contributed by atoms with Gasteiger partial charge in [0.05, 0.1) is 5.56 Å². The second-order valence-corrected chi connectivity index (χ2v) is 6.22. The number of amides is 1. The lowest BCUT2D eigenvalue weighted by Gasteiger charge is -2.05. The Balaban J connectivity index is 1.58. The van der Waals surface area contributed by atoms with Crippen molar-refractivity contribution in [3.05, 3.63) is 77.6 Å². The molecule has 0 atom stereocenters. The fourth-order valence-corrected chi connectivity index (χ4v) is 2.90. The Morgan fingerprint density at radius 1 is 1.08 bits per heavy atom. The van der Waals surface area contributed by atoms with Gasteiger partial charge in [-0.05, 0) is 67.4 Å². The molecule has 0 aliphatic heterocycles. The van der Waals surface area contributed by atoms with Gasteiger partial charge in [0.25, 0.3) is 5.91 Å². The van der Waals surface area contributed by atoms with Crippen molar-refractivity contribution in [3.8, 4) is 11.5 Å². The van der Waals surface area contributed by atoms with E-state index in [1.807, 2.05) is 44.2 Å². The number of hydrogen-bond donors (Lipinski definition) is 1. The average molecular weight is 343 g/mol. The van der Waals surface area contributed by atoms with Crippen LogP contribution in [0, 0.1) is 13.8 Å². The number of nitrogens with one attached hydrogen (secondary N) is 1. The highest BCUT2D eigenvalue weighted by Crippen LogP contribution is 2.28. The van der Waals surface area contributed by atoms with Crippen LogP contribution in [0.15, 0.2) is 65.3 Å². The molecule has 1 N–H and O–H groups in total. The first-order valence-electron chi connectivity index (χ1n) is 8.30. The van der Waals surface area contributed by atoms with Crippen LogP contribution in [0.2, 0.25) is 0 Å². The van der Waals surface area contributed by atoms with Gasteiger partial charge >= 0.3 is 0 Å². The highest BCUT2D eigenvalue weighted by atomic mass is 16.3. The molecule has 0 saturated heterocycles. The van der Waals surface area contributed by atoms with E-state index in [0.717, 1.165) is 27.8 Å². The van der Waals surface area contributed by atoms with E-state index in [0.29, 0.717) is 17.1 Å². The average Bonchev–Trinajstić information content (AvgIpc) is 3.07. The van der Waals surface area contributed by atoms with Gasteiger partial charge in [-0.3, -0.25) is 9.78 Å². The first kappa shape index (κ1) is 16.0. The Morgan fingerprint density at radius 3 is 2.62 bits per heavy atom. The minimum absolute atomic E-state index is 0.196. The van der Waals surface area contributed by atoms with Gasteiger partial charge in [-0.15, -0.1) is 0 Å². The second kappa shape index (κ2) is 6.44. The van der Waals surface area contributed by atoms with Crippen LogP contribution in [0.1, 0.15) is 21.5 Å². The molecule has 0 spiro atoms. The van der Waals surface area contributed by atoms with E-state index in [9.17, 15) is 4.79 Å². The molecule has 0 fully saturated rings. The number of nitrogens with zero attached hydrogens (tertiary/aromatic N) is 2. The number of rotatable bonds is 3. The molecule has 2 aromatic heterocycles. The van der Waals surface area contributed by atoms with Crippen molar-refractivity contribution in [2.45, 2.75) is 13.8 Å². The Bertz CT molecular complexity index is 1080. The molecule has 1 amide bonds. The molecule has 0 unspecified atom stereocenters. The topological polar surface area (TPSA) is 68.0 Å². The molecule has 0 aliphatic rings. The largest absolute Gasteiger partial charge is 0.436 e. The summed E-state index contributed by atoms with van der Waals surface area (Å²) >= 11 is 0. The number of carbonyl (C=O) groups is 1. The summed E-state index contributed by atoms with van der Waals surface area (Å²) in [5.74, 6) is 0.373. The number of carbonyl (C=O) groups excluding carboxylic acids is 1. The summed E-state index contributed by atoms with van der Waals surface area (Å²) in [6.45, 7) is 4.06. The number of pyridine rings is 1. The maximum atomic E-state index is 12.2. The van der Waals surface area contributed by atoms with E-state index in [-0.39, 0.29) is 5.91 Å². The van der Waals surface area contributed by atoms with Crippen LogP contribution in [-0.2, 0) is 0 Å². The third-order valence-corrected chi connectivity index (χ3v) is 4.13. The van der Waals surface area contributed by atoms with Crippen LogP contribution in [-0.4, -0.2) is 15.9 Å². The summed E-state index contributed by atoms with van der Waals surface area (Å²) in [5, 5.41) is 2.85. The van der Waals surface area contributed by atoms with E-state index in [2.05, 4.69) is 21.4 Å². The summed E-state index contributed by atoms with van der Waals surface area (Å²) in [7, 11) is 0. The predicted molar refractivity (Wildman–Crippen MR) is 101 cm³/mol. The predicted octanol–water partition coefficient (Wildman–Crippen LogP) is 4.76. The van der Waals surface area contributed by atoms with Gasteiger partial charge in [0.2, 0.25) is 5.89 Å². The Labute approximate surface area is 150 Å². The molecule has 4 rings (SSSR count). The summed E-state index contributed by atoms with van der Waals surface area (Å²) in [5.41, 5.74) is 5.96. The Kier molecular flexibility index (Phi) is 3.97. The van der Waals surface area contributed by atoms with Gasteiger partial charge in [0.1, 0.15) is 5.52 Å². The number of aryl methyl sites for hydroxylation is 2. The van der Waals surface area contributed by atoms with E-state index < -0.39 is 0 Å². The van der Waals surface area contributed by atoms with E-state index in [4.69, 9.17) is 4.42 Å². The van der Waals surface area contributed by atoms with Crippen molar-refractivity contribution in [1.29, 1.82) is 0 Å². The molecule has 26 heavy (non-hydrogen) atoms. The molecule has 128 valence electrons. The fraction of sp³-hybridized carbons (Fsp3) is 0.0952. The van der Waals surface area contributed by atoms with Crippen LogP contribution >= 0.6 is 0 Å². The van der Waals surface area contributed by atoms with Crippen LogP contribution in [0.4, 0.5) is 5.69 Å². The van der Waals surface area contributed by atoms with Gasteiger partial charge in [-0.1, -0.05) is 6.07 Å². The zero-order valence-electron chi connectivity index (χ0n) is 14.5. The lowest BCUT2D eigenvalue weighted by atomic mass is 10.1. The quantitative estimate of drug-likeness (QED) is 0.582. The Hall–Kier alpha value is -3.47. The molecule has 4 aromatic rings. The van der Waals surface area contributed by atoms with E-state index in [1.165, 1.54) is 6.20 Å². The van der Waals surface area contributed by atoms with Gasteiger partial charge in [-0.2, -0.15) is 0 Å². The molecule has 2 aromatic carbocycles. The maximum Gasteiger partial charge on any atom is 0.257 e. The molecule has 0 aliphatic carbocycles. The monoisotopic (exact) mass is 343 g/mol. The maximum absolute atomic E-state index is 12.2. The first-order valence-corrected chi connectivity index (χ1v) is 8.30. The van der Waals surface area contributed by atoms with Crippen LogP contribution in [0.5, 0.6) is 0 Å². The number of anilines is 1. The van der Waals surface area contributed by atoms with Gasteiger partial charge in [-0.25, -0.2) is 4.98 Å². The van der Waals surface area contributed by atoms with Crippen molar-refractivity contribution in [3.63, 3.8) is 0 Å².